The average Bonchev–Trinajstić information content (AvgIpc) is 3.53. The van der Waals surface area contributed by atoms with Crippen LogP contribution < -0.4 is 16.4 Å². The number of anilines is 1. The van der Waals surface area contributed by atoms with Crippen LogP contribution in [0.5, 0.6) is 0 Å². The molecular formula is C29H27ClN10O3. The summed E-state index contributed by atoms with van der Waals surface area (Å²) < 4.78 is 10.6. The fourth-order valence-electron chi connectivity index (χ4n) is 4.39. The highest BCUT2D eigenvalue weighted by Gasteiger charge is 2.19. The molecule has 0 radical (unpaired) electrons. The molecule has 0 aliphatic rings. The van der Waals surface area contributed by atoms with Crippen LogP contribution in [0.2, 0.25) is 5.02 Å². The zero-order valence-corrected chi connectivity index (χ0v) is 24.6. The Morgan fingerprint density at radius 3 is 2.14 bits per heavy atom. The fraction of sp³-hybridized carbons (Fsp3) is 0.207. The first-order valence-corrected chi connectivity index (χ1v) is 13.4. The van der Waals surface area contributed by atoms with Crippen molar-refractivity contribution in [1.29, 1.82) is 0 Å². The second-order valence-electron chi connectivity index (χ2n) is 9.61. The lowest BCUT2D eigenvalue weighted by atomic mass is 10.1. The predicted octanol–water partition coefficient (Wildman–Crippen LogP) is 2.63. The predicted molar refractivity (Wildman–Crippen MR) is 162 cm³/mol. The van der Waals surface area contributed by atoms with Crippen LogP contribution in [-0.2, 0) is 24.9 Å². The zero-order chi connectivity index (χ0) is 30.7. The SMILES string of the molecule is C#C/C(=N\N(C)c1ccc(Cl)cc1)OCc1c(C)cccc1-n1nnn(Cc2c(C)cccc2-n2nnn(C)c2=O)c1=O. The third-order valence-electron chi connectivity index (χ3n) is 6.81. The Morgan fingerprint density at radius 1 is 0.907 bits per heavy atom. The summed E-state index contributed by atoms with van der Waals surface area (Å²) in [5.74, 6) is 2.51. The number of hydrogen-bond acceptors (Lipinski definition) is 9. The van der Waals surface area contributed by atoms with Crippen molar-refractivity contribution in [2.75, 3.05) is 12.1 Å². The molecule has 5 aromatic rings. The number of tetrazole rings is 2. The van der Waals surface area contributed by atoms with Crippen LogP contribution in [0, 0.1) is 26.2 Å². The molecule has 0 N–H and O–H groups in total. The van der Waals surface area contributed by atoms with Gasteiger partial charge in [0.15, 0.2) is 0 Å². The van der Waals surface area contributed by atoms with Crippen molar-refractivity contribution in [3.05, 3.63) is 109 Å². The van der Waals surface area contributed by atoms with Crippen LogP contribution in [0.4, 0.5) is 5.69 Å². The maximum absolute atomic E-state index is 13.6. The Bertz CT molecular complexity index is 1980. The van der Waals surface area contributed by atoms with Crippen molar-refractivity contribution in [3.8, 4) is 23.7 Å². The van der Waals surface area contributed by atoms with E-state index in [0.717, 1.165) is 21.5 Å². The highest BCUT2D eigenvalue weighted by molar-refractivity contribution is 6.30. The van der Waals surface area contributed by atoms with Gasteiger partial charge in [-0.05, 0) is 88.1 Å². The van der Waals surface area contributed by atoms with Crippen LogP contribution in [0.3, 0.4) is 0 Å². The van der Waals surface area contributed by atoms with Gasteiger partial charge in [-0.1, -0.05) is 35.9 Å². The molecule has 0 atom stereocenters. The van der Waals surface area contributed by atoms with Gasteiger partial charge in [-0.15, -0.1) is 11.5 Å². The summed E-state index contributed by atoms with van der Waals surface area (Å²) in [6.07, 6.45) is 5.69. The molecule has 0 bridgehead atoms. The van der Waals surface area contributed by atoms with E-state index in [0.29, 0.717) is 27.5 Å². The summed E-state index contributed by atoms with van der Waals surface area (Å²) in [6.45, 7) is 3.84. The molecule has 14 heteroatoms. The number of aromatic nitrogens is 8. The summed E-state index contributed by atoms with van der Waals surface area (Å²) in [5, 5.41) is 22.6. The molecular weight excluding hydrogens is 572 g/mol. The van der Waals surface area contributed by atoms with Crippen LogP contribution >= 0.6 is 11.6 Å². The number of nitrogens with zero attached hydrogens (tertiary/aromatic N) is 10. The molecule has 0 unspecified atom stereocenters. The van der Waals surface area contributed by atoms with E-state index in [2.05, 4.69) is 31.9 Å². The standard InChI is InChI=1S/C29H27ClN10O3/c1-6-27(31-36(4)22-15-13-21(30)14-16-22)43-18-24-20(3)10-8-12-26(24)40-29(42)38(33-35-40)17-23-19(2)9-7-11-25(23)39-28(41)37(5)32-34-39/h1,7-16H,17-18H2,2-5H3/b31-27+. The third kappa shape index (κ3) is 5.95. The smallest absolute Gasteiger partial charge is 0.368 e. The number of ether oxygens (including phenoxy) is 1. The molecule has 0 amide bonds. The van der Waals surface area contributed by atoms with E-state index in [1.54, 1.807) is 54.5 Å². The summed E-state index contributed by atoms with van der Waals surface area (Å²) in [7, 11) is 3.25. The van der Waals surface area contributed by atoms with E-state index < -0.39 is 11.4 Å². The number of benzene rings is 3. The fourth-order valence-corrected chi connectivity index (χ4v) is 4.52. The summed E-state index contributed by atoms with van der Waals surface area (Å²) in [4.78, 5) is 26.1. The van der Waals surface area contributed by atoms with Gasteiger partial charge in [-0.25, -0.2) is 9.59 Å². The Morgan fingerprint density at radius 2 is 1.51 bits per heavy atom. The molecule has 2 aromatic heterocycles. The Hall–Kier alpha value is -5.48. The molecule has 0 fully saturated rings. The molecule has 43 heavy (non-hydrogen) atoms. The molecule has 0 spiro atoms. The van der Waals surface area contributed by atoms with Gasteiger partial charge in [-0.3, -0.25) is 5.01 Å². The van der Waals surface area contributed by atoms with Gasteiger partial charge in [-0.2, -0.15) is 18.7 Å². The van der Waals surface area contributed by atoms with Crippen molar-refractivity contribution >= 4 is 23.2 Å². The van der Waals surface area contributed by atoms with E-state index in [9.17, 15) is 9.59 Å². The van der Waals surface area contributed by atoms with Crippen LogP contribution in [-0.4, -0.2) is 52.5 Å². The highest BCUT2D eigenvalue weighted by Crippen LogP contribution is 2.21. The molecule has 0 aliphatic heterocycles. The number of hydrazone groups is 1. The first kappa shape index (κ1) is 29.0. The first-order chi connectivity index (χ1) is 20.7. The largest absolute Gasteiger partial charge is 0.465 e. The molecule has 0 saturated heterocycles. The van der Waals surface area contributed by atoms with Crippen molar-refractivity contribution in [1.82, 2.24) is 39.6 Å². The lowest BCUT2D eigenvalue weighted by Gasteiger charge is -2.15. The van der Waals surface area contributed by atoms with Crippen molar-refractivity contribution in [2.45, 2.75) is 27.0 Å². The van der Waals surface area contributed by atoms with Gasteiger partial charge in [0.25, 0.3) is 5.90 Å². The monoisotopic (exact) mass is 598 g/mol. The quantitative estimate of drug-likeness (QED) is 0.115. The van der Waals surface area contributed by atoms with Crippen molar-refractivity contribution in [3.63, 3.8) is 0 Å². The second-order valence-corrected chi connectivity index (χ2v) is 10.0. The lowest BCUT2D eigenvalue weighted by Crippen LogP contribution is -2.27. The van der Waals surface area contributed by atoms with Gasteiger partial charge >= 0.3 is 11.4 Å². The van der Waals surface area contributed by atoms with Gasteiger partial charge in [0.2, 0.25) is 0 Å². The molecule has 0 aliphatic carbocycles. The zero-order valence-electron chi connectivity index (χ0n) is 23.8. The Labute approximate surface area is 251 Å². The highest BCUT2D eigenvalue weighted by atomic mass is 35.5. The normalized spacial score (nSPS) is 11.4. The maximum Gasteiger partial charge on any atom is 0.368 e. The maximum atomic E-state index is 13.6. The number of aryl methyl sites for hydroxylation is 3. The second kappa shape index (κ2) is 12.2. The molecule has 3 aromatic carbocycles. The number of rotatable bonds is 8. The number of terminal acetylenes is 1. The van der Waals surface area contributed by atoms with E-state index in [1.165, 1.54) is 21.1 Å². The minimum Gasteiger partial charge on any atom is -0.465 e. The molecule has 218 valence electrons. The van der Waals surface area contributed by atoms with Crippen molar-refractivity contribution < 1.29 is 4.74 Å². The third-order valence-corrected chi connectivity index (χ3v) is 7.07. The summed E-state index contributed by atoms with van der Waals surface area (Å²) in [5.41, 5.74) is 3.88. The molecule has 2 heterocycles. The topological polar surface area (TPSA) is 130 Å². The van der Waals surface area contributed by atoms with E-state index in [-0.39, 0.29) is 19.0 Å². The van der Waals surface area contributed by atoms with Crippen molar-refractivity contribution in [2.24, 2.45) is 12.1 Å². The van der Waals surface area contributed by atoms with Crippen LogP contribution in [0.1, 0.15) is 22.3 Å². The molecule has 5 rings (SSSR count). The number of halogens is 1. The van der Waals surface area contributed by atoms with E-state index in [1.807, 2.05) is 32.0 Å². The van der Waals surface area contributed by atoms with Crippen LogP contribution in [0.15, 0.2) is 75.4 Å². The first-order valence-electron chi connectivity index (χ1n) is 13.0. The lowest BCUT2D eigenvalue weighted by molar-refractivity contribution is 0.294. The van der Waals surface area contributed by atoms with E-state index >= 15 is 0 Å². The Kier molecular flexibility index (Phi) is 8.22. The minimum atomic E-state index is -0.485. The van der Waals surface area contributed by atoms with Gasteiger partial charge in [0, 0.05) is 30.2 Å². The summed E-state index contributed by atoms with van der Waals surface area (Å²) >= 11 is 5.98. The summed E-state index contributed by atoms with van der Waals surface area (Å²) in [6, 6.07) is 18.0. The van der Waals surface area contributed by atoms with E-state index in [4.69, 9.17) is 22.8 Å². The van der Waals surface area contributed by atoms with Gasteiger partial charge < -0.3 is 4.74 Å². The van der Waals surface area contributed by atoms with Crippen LogP contribution in [0.25, 0.3) is 11.4 Å². The molecule has 13 nitrogen and oxygen atoms in total. The van der Waals surface area contributed by atoms with Gasteiger partial charge in [0.05, 0.1) is 23.6 Å². The minimum absolute atomic E-state index is 0.0241. The number of hydrogen-bond donors (Lipinski definition) is 0. The average molecular weight is 599 g/mol. The van der Waals surface area contributed by atoms with Gasteiger partial charge in [0.1, 0.15) is 6.61 Å². The molecule has 0 saturated carbocycles. The Balaban J connectivity index is 1.43.